The van der Waals surface area contributed by atoms with Crippen molar-refractivity contribution < 1.29 is 23.9 Å². The number of amides is 2. The molecule has 20 heavy (non-hydrogen) atoms. The van der Waals surface area contributed by atoms with Crippen LogP contribution in [0.25, 0.3) is 0 Å². The molecule has 106 valence electrons. The first-order valence-corrected chi connectivity index (χ1v) is 6.03. The number of carbonyl (C=O) groups excluding carboxylic acids is 3. The molecule has 0 radical (unpaired) electrons. The molecule has 0 saturated carbocycles. The predicted octanol–water partition coefficient (Wildman–Crippen LogP) is 1.04. The van der Waals surface area contributed by atoms with Gasteiger partial charge in [0.25, 0.3) is 0 Å². The second-order valence-electron chi connectivity index (χ2n) is 4.45. The minimum atomic E-state index is -0.884. The van der Waals surface area contributed by atoms with E-state index in [1.54, 1.807) is 19.1 Å². The molecule has 0 aromatic heterocycles. The van der Waals surface area contributed by atoms with Crippen LogP contribution >= 0.6 is 0 Å². The molecule has 1 heterocycles. The van der Waals surface area contributed by atoms with Crippen LogP contribution in [0.3, 0.4) is 0 Å². The standard InChI is InChI=1S/C13H14N2O5/c1-7-5-10(12(17)19-7)20-11(16)8-3-2-4-9(6-8)15-13(14)18/h2-4,6-7,10H,5H2,1H3,(H3,14,15,18)/t7-,10-/m0/s1. The molecule has 2 rings (SSSR count). The second kappa shape index (κ2) is 5.60. The summed E-state index contributed by atoms with van der Waals surface area (Å²) < 4.78 is 9.98. The normalized spacial score (nSPS) is 21.1. The van der Waals surface area contributed by atoms with E-state index in [2.05, 4.69) is 5.32 Å². The van der Waals surface area contributed by atoms with Crippen LogP contribution in [0, 0.1) is 0 Å². The molecule has 1 aromatic rings. The maximum atomic E-state index is 11.9. The third-order valence-electron chi connectivity index (χ3n) is 2.74. The lowest BCUT2D eigenvalue weighted by atomic mass is 10.2. The molecule has 1 saturated heterocycles. The molecule has 1 aliphatic heterocycles. The highest BCUT2D eigenvalue weighted by Crippen LogP contribution is 2.19. The third-order valence-corrected chi connectivity index (χ3v) is 2.74. The first kappa shape index (κ1) is 13.9. The zero-order valence-corrected chi connectivity index (χ0v) is 10.8. The summed E-state index contributed by atoms with van der Waals surface area (Å²) in [6, 6.07) is 5.34. The summed E-state index contributed by atoms with van der Waals surface area (Å²) >= 11 is 0. The Balaban J connectivity index is 2.05. The maximum absolute atomic E-state index is 11.9. The number of hydrogen-bond donors (Lipinski definition) is 2. The molecule has 2 amide bonds. The number of nitrogens with two attached hydrogens (primary N) is 1. The number of anilines is 1. The topological polar surface area (TPSA) is 108 Å². The van der Waals surface area contributed by atoms with Crippen LogP contribution in [0.4, 0.5) is 10.5 Å². The minimum Gasteiger partial charge on any atom is -0.460 e. The Morgan fingerprint density at radius 3 is 2.80 bits per heavy atom. The van der Waals surface area contributed by atoms with Gasteiger partial charge in [-0.1, -0.05) is 6.07 Å². The second-order valence-corrected chi connectivity index (χ2v) is 4.45. The van der Waals surface area contributed by atoms with Gasteiger partial charge in [-0.3, -0.25) is 0 Å². The third kappa shape index (κ3) is 3.25. The van der Waals surface area contributed by atoms with Gasteiger partial charge in [0.1, 0.15) is 6.10 Å². The zero-order chi connectivity index (χ0) is 14.7. The van der Waals surface area contributed by atoms with Crippen LogP contribution in [-0.4, -0.2) is 30.2 Å². The Bertz CT molecular complexity index is 557. The molecule has 1 aromatic carbocycles. The molecule has 0 bridgehead atoms. The van der Waals surface area contributed by atoms with E-state index in [9.17, 15) is 14.4 Å². The van der Waals surface area contributed by atoms with E-state index in [-0.39, 0.29) is 11.7 Å². The number of cyclic esters (lactones) is 1. The van der Waals surface area contributed by atoms with Crippen LogP contribution in [0.5, 0.6) is 0 Å². The summed E-state index contributed by atoms with van der Waals surface area (Å²) in [5.41, 5.74) is 5.57. The maximum Gasteiger partial charge on any atom is 0.347 e. The first-order valence-electron chi connectivity index (χ1n) is 6.03. The van der Waals surface area contributed by atoms with E-state index in [0.29, 0.717) is 12.1 Å². The summed E-state index contributed by atoms with van der Waals surface area (Å²) in [6.07, 6.45) is -0.808. The fraction of sp³-hybridized carbons (Fsp3) is 0.308. The Hall–Kier alpha value is -2.57. The fourth-order valence-corrected chi connectivity index (χ4v) is 1.88. The highest BCUT2D eigenvalue weighted by atomic mass is 16.6. The number of hydrogen-bond acceptors (Lipinski definition) is 5. The van der Waals surface area contributed by atoms with Crippen molar-refractivity contribution in [3.63, 3.8) is 0 Å². The highest BCUT2D eigenvalue weighted by molar-refractivity contribution is 5.94. The Kier molecular flexibility index (Phi) is 3.88. The van der Waals surface area contributed by atoms with Crippen molar-refractivity contribution >= 4 is 23.7 Å². The van der Waals surface area contributed by atoms with Crippen molar-refractivity contribution in [1.82, 2.24) is 0 Å². The number of esters is 2. The lowest BCUT2D eigenvalue weighted by molar-refractivity contribution is -0.147. The Morgan fingerprint density at radius 1 is 1.45 bits per heavy atom. The molecule has 3 N–H and O–H groups in total. The van der Waals surface area contributed by atoms with E-state index in [0.717, 1.165) is 0 Å². The molecule has 0 aliphatic carbocycles. The molecule has 1 fully saturated rings. The number of carbonyl (C=O) groups is 3. The van der Waals surface area contributed by atoms with Crippen LogP contribution in [-0.2, 0) is 14.3 Å². The van der Waals surface area contributed by atoms with Gasteiger partial charge in [0.05, 0.1) is 5.56 Å². The number of benzene rings is 1. The van der Waals surface area contributed by atoms with Gasteiger partial charge in [-0.25, -0.2) is 14.4 Å². The van der Waals surface area contributed by atoms with E-state index in [1.165, 1.54) is 12.1 Å². The van der Waals surface area contributed by atoms with Crippen molar-refractivity contribution in [2.45, 2.75) is 25.6 Å². The summed E-state index contributed by atoms with van der Waals surface area (Å²) in [5.74, 6) is -1.20. The van der Waals surface area contributed by atoms with Crippen molar-refractivity contribution in [2.24, 2.45) is 5.73 Å². The lowest BCUT2D eigenvalue weighted by Gasteiger charge is -2.09. The molecule has 0 unspecified atom stereocenters. The molecular weight excluding hydrogens is 264 g/mol. The van der Waals surface area contributed by atoms with Crippen LogP contribution in [0.15, 0.2) is 24.3 Å². The van der Waals surface area contributed by atoms with Crippen LogP contribution in [0.2, 0.25) is 0 Å². The highest BCUT2D eigenvalue weighted by Gasteiger charge is 2.35. The van der Waals surface area contributed by atoms with E-state index in [1.807, 2.05) is 0 Å². The number of rotatable bonds is 3. The van der Waals surface area contributed by atoms with Gasteiger partial charge in [0.15, 0.2) is 0 Å². The van der Waals surface area contributed by atoms with E-state index >= 15 is 0 Å². The molecule has 7 heteroatoms. The average molecular weight is 278 g/mol. The average Bonchev–Trinajstić information content (AvgIpc) is 2.67. The summed E-state index contributed by atoms with van der Waals surface area (Å²) in [7, 11) is 0. The Labute approximate surface area is 115 Å². The number of urea groups is 1. The quantitative estimate of drug-likeness (QED) is 0.803. The number of ether oxygens (including phenoxy) is 2. The largest absolute Gasteiger partial charge is 0.460 e. The molecule has 7 nitrogen and oxygen atoms in total. The molecule has 1 aliphatic rings. The summed E-state index contributed by atoms with van der Waals surface area (Å²) in [5, 5.41) is 2.35. The fourth-order valence-electron chi connectivity index (χ4n) is 1.88. The van der Waals surface area contributed by atoms with Gasteiger partial charge in [-0.05, 0) is 25.1 Å². The van der Waals surface area contributed by atoms with Gasteiger partial charge in [0, 0.05) is 12.1 Å². The Morgan fingerprint density at radius 2 is 2.20 bits per heavy atom. The zero-order valence-electron chi connectivity index (χ0n) is 10.8. The van der Waals surface area contributed by atoms with Crippen molar-refractivity contribution in [3.05, 3.63) is 29.8 Å². The van der Waals surface area contributed by atoms with Gasteiger partial charge in [-0.2, -0.15) is 0 Å². The smallest absolute Gasteiger partial charge is 0.347 e. The van der Waals surface area contributed by atoms with Crippen molar-refractivity contribution in [3.8, 4) is 0 Å². The first-order chi connectivity index (χ1) is 9.45. The van der Waals surface area contributed by atoms with Gasteiger partial charge < -0.3 is 20.5 Å². The van der Waals surface area contributed by atoms with Gasteiger partial charge in [-0.15, -0.1) is 0 Å². The van der Waals surface area contributed by atoms with Gasteiger partial charge in [0.2, 0.25) is 6.10 Å². The predicted molar refractivity (Wildman–Crippen MR) is 69.0 cm³/mol. The summed E-state index contributed by atoms with van der Waals surface area (Å²) in [6.45, 7) is 1.73. The van der Waals surface area contributed by atoms with E-state index < -0.39 is 24.1 Å². The summed E-state index contributed by atoms with van der Waals surface area (Å²) in [4.78, 5) is 34.0. The number of nitrogens with one attached hydrogen (secondary N) is 1. The minimum absolute atomic E-state index is 0.212. The van der Waals surface area contributed by atoms with Crippen molar-refractivity contribution in [2.75, 3.05) is 5.32 Å². The SMILES string of the molecule is C[C@H]1C[C@H](OC(=O)c2cccc(NC(N)=O)c2)C(=O)O1. The molecule has 0 spiro atoms. The lowest BCUT2D eigenvalue weighted by Crippen LogP contribution is -2.23. The van der Waals surface area contributed by atoms with Gasteiger partial charge >= 0.3 is 18.0 Å². The van der Waals surface area contributed by atoms with Crippen molar-refractivity contribution in [1.29, 1.82) is 0 Å². The number of primary amides is 1. The van der Waals surface area contributed by atoms with Crippen LogP contribution in [0.1, 0.15) is 23.7 Å². The molecular formula is C13H14N2O5. The van der Waals surface area contributed by atoms with Crippen LogP contribution < -0.4 is 11.1 Å². The monoisotopic (exact) mass is 278 g/mol. The van der Waals surface area contributed by atoms with E-state index in [4.69, 9.17) is 15.2 Å². The molecule has 2 atom stereocenters.